The first-order valence-electron chi connectivity index (χ1n) is 8.23. The topological polar surface area (TPSA) is 92.6 Å². The molecule has 0 fully saturated rings. The number of hydrogen-bond donors (Lipinski definition) is 1. The van der Waals surface area contributed by atoms with Crippen LogP contribution in [0.1, 0.15) is 30.9 Å². The molecule has 0 atom stereocenters. The molecule has 3 aromatic heterocycles. The van der Waals surface area contributed by atoms with Crippen molar-refractivity contribution in [1.29, 1.82) is 5.26 Å². The van der Waals surface area contributed by atoms with Crippen molar-refractivity contribution in [2.24, 2.45) is 0 Å². The predicted molar refractivity (Wildman–Crippen MR) is 97.5 cm³/mol. The van der Waals surface area contributed by atoms with Gasteiger partial charge in [0.15, 0.2) is 17.2 Å². The molecule has 128 valence electrons. The van der Waals surface area contributed by atoms with Crippen molar-refractivity contribution in [3.63, 3.8) is 0 Å². The minimum atomic E-state index is 0.301. The lowest BCUT2D eigenvalue weighted by molar-refractivity contribution is 0.621. The van der Waals surface area contributed by atoms with E-state index in [-0.39, 0.29) is 0 Å². The van der Waals surface area contributed by atoms with Gasteiger partial charge in [0.05, 0.1) is 6.20 Å². The minimum absolute atomic E-state index is 0.301. The Morgan fingerprint density at radius 2 is 2.12 bits per heavy atom. The first-order valence-corrected chi connectivity index (χ1v) is 8.23. The Hall–Kier alpha value is -3.66. The number of oxazole rings is 1. The highest BCUT2D eigenvalue weighted by Gasteiger charge is 2.16. The van der Waals surface area contributed by atoms with E-state index in [0.717, 1.165) is 5.52 Å². The van der Waals surface area contributed by atoms with E-state index in [1.807, 2.05) is 30.3 Å². The molecule has 0 aliphatic heterocycles. The van der Waals surface area contributed by atoms with Crippen LogP contribution in [0, 0.1) is 11.3 Å². The standard InChI is InChI=1S/C19H16N6O/c1-12(2)13-6-7-16-15(9-13)23-19(26-16)24-18-14(10-20)11-22-25(18)17-5-3-4-8-21-17/h3-9,11-12H,1-2H3,(H,23,24). The zero-order chi connectivity index (χ0) is 18.1. The van der Waals surface area contributed by atoms with E-state index in [1.165, 1.54) is 11.8 Å². The Kier molecular flexibility index (Phi) is 3.86. The molecule has 0 unspecified atom stereocenters. The summed E-state index contributed by atoms with van der Waals surface area (Å²) in [5.41, 5.74) is 3.01. The van der Waals surface area contributed by atoms with Crippen LogP contribution in [-0.2, 0) is 0 Å². The maximum absolute atomic E-state index is 9.38. The van der Waals surface area contributed by atoms with Crippen LogP contribution < -0.4 is 5.32 Å². The molecular formula is C19H16N6O. The molecule has 0 aliphatic rings. The van der Waals surface area contributed by atoms with Crippen molar-refractivity contribution in [3.8, 4) is 11.9 Å². The van der Waals surface area contributed by atoms with Crippen LogP contribution in [0.15, 0.2) is 53.2 Å². The van der Waals surface area contributed by atoms with Gasteiger partial charge in [-0.3, -0.25) is 5.32 Å². The van der Waals surface area contributed by atoms with E-state index in [0.29, 0.717) is 34.7 Å². The van der Waals surface area contributed by atoms with Crippen LogP contribution in [0.25, 0.3) is 16.9 Å². The molecule has 0 bridgehead atoms. The second-order valence-corrected chi connectivity index (χ2v) is 6.14. The molecule has 0 amide bonds. The molecule has 1 aromatic carbocycles. The fourth-order valence-corrected chi connectivity index (χ4v) is 2.66. The number of fused-ring (bicyclic) bond motifs is 1. The Morgan fingerprint density at radius 1 is 1.23 bits per heavy atom. The molecule has 7 heteroatoms. The van der Waals surface area contributed by atoms with Gasteiger partial charge in [-0.1, -0.05) is 26.0 Å². The average Bonchev–Trinajstić information content (AvgIpc) is 3.25. The van der Waals surface area contributed by atoms with E-state index < -0.39 is 0 Å². The molecule has 0 radical (unpaired) electrons. The average molecular weight is 344 g/mol. The monoisotopic (exact) mass is 344 g/mol. The van der Waals surface area contributed by atoms with Crippen LogP contribution in [0.4, 0.5) is 11.8 Å². The van der Waals surface area contributed by atoms with Crippen molar-refractivity contribution in [3.05, 3.63) is 59.9 Å². The van der Waals surface area contributed by atoms with Gasteiger partial charge in [-0.2, -0.15) is 20.0 Å². The summed E-state index contributed by atoms with van der Waals surface area (Å²) < 4.78 is 7.32. The molecule has 3 heterocycles. The first kappa shape index (κ1) is 15.8. The number of hydrogen-bond acceptors (Lipinski definition) is 6. The van der Waals surface area contributed by atoms with Crippen molar-refractivity contribution in [2.75, 3.05) is 5.32 Å². The lowest BCUT2D eigenvalue weighted by atomic mass is 10.0. The minimum Gasteiger partial charge on any atom is -0.423 e. The van der Waals surface area contributed by atoms with Crippen LogP contribution in [0.3, 0.4) is 0 Å². The normalized spacial score (nSPS) is 11.0. The van der Waals surface area contributed by atoms with Gasteiger partial charge in [0, 0.05) is 6.20 Å². The Morgan fingerprint density at radius 3 is 2.85 bits per heavy atom. The van der Waals surface area contributed by atoms with Crippen molar-refractivity contribution < 1.29 is 4.42 Å². The molecule has 0 saturated heterocycles. The molecule has 0 saturated carbocycles. The molecule has 4 rings (SSSR count). The Balaban J connectivity index is 1.74. The molecule has 26 heavy (non-hydrogen) atoms. The van der Waals surface area contributed by atoms with Gasteiger partial charge in [-0.05, 0) is 35.7 Å². The van der Waals surface area contributed by atoms with Gasteiger partial charge >= 0.3 is 6.01 Å². The number of benzene rings is 1. The Bertz CT molecular complexity index is 1100. The largest absolute Gasteiger partial charge is 0.423 e. The summed E-state index contributed by atoms with van der Waals surface area (Å²) in [4.78, 5) is 8.76. The summed E-state index contributed by atoms with van der Waals surface area (Å²) in [5.74, 6) is 1.46. The highest BCUT2D eigenvalue weighted by Crippen LogP contribution is 2.27. The number of aromatic nitrogens is 4. The van der Waals surface area contributed by atoms with Gasteiger partial charge in [-0.25, -0.2) is 4.98 Å². The maximum atomic E-state index is 9.38. The van der Waals surface area contributed by atoms with E-state index in [9.17, 15) is 5.26 Å². The molecule has 0 aliphatic carbocycles. The number of nitriles is 1. The van der Waals surface area contributed by atoms with Gasteiger partial charge in [-0.15, -0.1) is 0 Å². The van der Waals surface area contributed by atoms with Gasteiger partial charge in [0.25, 0.3) is 0 Å². The maximum Gasteiger partial charge on any atom is 0.301 e. The summed E-state index contributed by atoms with van der Waals surface area (Å²) >= 11 is 0. The molecular weight excluding hydrogens is 328 g/mol. The molecule has 7 nitrogen and oxygen atoms in total. The molecule has 1 N–H and O–H groups in total. The SMILES string of the molecule is CC(C)c1ccc2oc(Nc3c(C#N)cnn3-c3ccccn3)nc2c1. The van der Waals surface area contributed by atoms with Gasteiger partial charge in [0.1, 0.15) is 17.1 Å². The van der Waals surface area contributed by atoms with Gasteiger partial charge < -0.3 is 4.42 Å². The summed E-state index contributed by atoms with van der Waals surface area (Å²) in [5, 5.41) is 16.7. The highest BCUT2D eigenvalue weighted by molar-refractivity contribution is 5.76. The number of nitrogens with zero attached hydrogens (tertiary/aromatic N) is 5. The molecule has 4 aromatic rings. The van der Waals surface area contributed by atoms with Crippen LogP contribution in [0.2, 0.25) is 0 Å². The predicted octanol–water partition coefficient (Wildman–Crippen LogP) is 4.15. The van der Waals surface area contributed by atoms with Crippen molar-refractivity contribution >= 4 is 22.9 Å². The summed E-state index contributed by atoms with van der Waals surface area (Å²) in [6.45, 7) is 4.26. The number of rotatable bonds is 4. The summed E-state index contributed by atoms with van der Waals surface area (Å²) in [6, 6.07) is 13.8. The van der Waals surface area contributed by atoms with E-state index in [4.69, 9.17) is 4.42 Å². The van der Waals surface area contributed by atoms with Crippen molar-refractivity contribution in [2.45, 2.75) is 19.8 Å². The summed E-state index contributed by atoms with van der Waals surface area (Å²) in [7, 11) is 0. The van der Waals surface area contributed by atoms with E-state index in [2.05, 4.69) is 40.3 Å². The van der Waals surface area contributed by atoms with Crippen LogP contribution >= 0.6 is 0 Å². The summed E-state index contributed by atoms with van der Waals surface area (Å²) in [6.07, 6.45) is 3.15. The third-order valence-corrected chi connectivity index (χ3v) is 4.06. The first-order chi connectivity index (χ1) is 12.7. The fraction of sp³-hybridized carbons (Fsp3) is 0.158. The smallest absolute Gasteiger partial charge is 0.301 e. The third-order valence-electron chi connectivity index (χ3n) is 4.06. The van der Waals surface area contributed by atoms with Gasteiger partial charge in [0.2, 0.25) is 0 Å². The highest BCUT2D eigenvalue weighted by atomic mass is 16.4. The lowest BCUT2D eigenvalue weighted by Crippen LogP contribution is -2.05. The zero-order valence-electron chi connectivity index (χ0n) is 14.3. The number of pyridine rings is 1. The second-order valence-electron chi connectivity index (χ2n) is 6.14. The lowest BCUT2D eigenvalue weighted by Gasteiger charge is -2.06. The number of anilines is 2. The second kappa shape index (κ2) is 6.33. The van der Waals surface area contributed by atoms with Crippen molar-refractivity contribution in [1.82, 2.24) is 19.7 Å². The molecule has 0 spiro atoms. The zero-order valence-corrected chi connectivity index (χ0v) is 14.3. The quantitative estimate of drug-likeness (QED) is 0.598. The Labute approximate surface area is 149 Å². The number of nitrogens with one attached hydrogen (secondary N) is 1. The third kappa shape index (κ3) is 2.78. The van der Waals surface area contributed by atoms with Crippen LogP contribution in [-0.4, -0.2) is 19.7 Å². The van der Waals surface area contributed by atoms with E-state index in [1.54, 1.807) is 16.9 Å². The van der Waals surface area contributed by atoms with Crippen LogP contribution in [0.5, 0.6) is 0 Å². The fourth-order valence-electron chi connectivity index (χ4n) is 2.66. The van der Waals surface area contributed by atoms with E-state index >= 15 is 0 Å².